The van der Waals surface area contributed by atoms with Gasteiger partial charge in [0.2, 0.25) is 0 Å². The Balaban J connectivity index is 1.65. The van der Waals surface area contributed by atoms with Gasteiger partial charge in [0.05, 0.1) is 17.1 Å². The smallest absolute Gasteiger partial charge is 0.264 e. The van der Waals surface area contributed by atoms with Gasteiger partial charge in [0.1, 0.15) is 11.6 Å². The van der Waals surface area contributed by atoms with Crippen molar-refractivity contribution in [2.45, 2.75) is 26.8 Å². The molecule has 0 unspecified atom stereocenters. The standard InChI is InChI=1S/C21H24F2N5P/c1-13-15(4-3-5-16(13)20(22)23)11-26-21-17-10-19(29-8-6-24-7-9-29)25-12-18(17)27-14(2)28-21/h3-5,10,12,20,24H,6-9,11H2,1-2H3,(H,26,27,28). The number of hydrogen-bond acceptors (Lipinski definition) is 5. The molecule has 1 aromatic carbocycles. The summed E-state index contributed by atoms with van der Waals surface area (Å²) in [5, 5.41) is 7.68. The van der Waals surface area contributed by atoms with E-state index in [1.54, 1.807) is 13.0 Å². The third-order valence-electron chi connectivity index (χ3n) is 5.29. The number of anilines is 1. The van der Waals surface area contributed by atoms with Crippen molar-refractivity contribution in [2.24, 2.45) is 0 Å². The van der Waals surface area contributed by atoms with Crippen molar-refractivity contribution in [1.29, 1.82) is 0 Å². The number of aryl methyl sites for hydroxylation is 1. The molecule has 8 heteroatoms. The predicted octanol–water partition coefficient (Wildman–Crippen LogP) is 3.90. The van der Waals surface area contributed by atoms with Gasteiger partial charge in [0, 0.05) is 17.5 Å². The van der Waals surface area contributed by atoms with Gasteiger partial charge < -0.3 is 10.6 Å². The summed E-state index contributed by atoms with van der Waals surface area (Å²) >= 11 is 0. The van der Waals surface area contributed by atoms with E-state index in [1.807, 2.05) is 19.2 Å². The van der Waals surface area contributed by atoms with Crippen LogP contribution < -0.4 is 16.1 Å². The minimum Gasteiger partial charge on any atom is -0.365 e. The highest BCUT2D eigenvalue weighted by molar-refractivity contribution is 7.65. The van der Waals surface area contributed by atoms with E-state index in [1.165, 1.54) is 6.07 Å². The Hall–Kier alpha value is -2.24. The fraction of sp³-hybridized carbons (Fsp3) is 0.381. The van der Waals surface area contributed by atoms with Crippen molar-refractivity contribution >= 4 is 30.1 Å². The monoisotopic (exact) mass is 415 g/mol. The van der Waals surface area contributed by atoms with Gasteiger partial charge in [0.25, 0.3) is 6.43 Å². The van der Waals surface area contributed by atoms with E-state index in [4.69, 9.17) is 0 Å². The summed E-state index contributed by atoms with van der Waals surface area (Å²) in [7, 11) is -0.270. The maximum atomic E-state index is 13.2. The molecule has 1 saturated heterocycles. The molecule has 4 rings (SSSR count). The number of nitrogens with one attached hydrogen (secondary N) is 2. The number of pyridine rings is 1. The summed E-state index contributed by atoms with van der Waals surface area (Å²) in [5.41, 5.74) is 3.45. The van der Waals surface area contributed by atoms with Gasteiger partial charge >= 0.3 is 0 Å². The average Bonchev–Trinajstić information content (AvgIpc) is 2.73. The molecule has 0 spiro atoms. The highest BCUT2D eigenvalue weighted by atomic mass is 31.1. The first-order valence-corrected chi connectivity index (χ1v) is 11.4. The Labute approximate surface area is 170 Å². The van der Waals surface area contributed by atoms with Gasteiger partial charge in [-0.15, -0.1) is 0 Å². The van der Waals surface area contributed by atoms with E-state index in [-0.39, 0.29) is 13.5 Å². The number of halogens is 2. The van der Waals surface area contributed by atoms with Crippen molar-refractivity contribution in [1.82, 2.24) is 20.3 Å². The van der Waals surface area contributed by atoms with E-state index in [0.717, 1.165) is 53.1 Å². The van der Waals surface area contributed by atoms with Crippen LogP contribution in [0.1, 0.15) is 28.9 Å². The summed E-state index contributed by atoms with van der Waals surface area (Å²) in [6.07, 6.45) is 1.61. The first-order chi connectivity index (χ1) is 14.0. The zero-order chi connectivity index (χ0) is 20.4. The van der Waals surface area contributed by atoms with E-state index in [9.17, 15) is 8.78 Å². The second-order valence-electron chi connectivity index (χ2n) is 7.20. The number of fused-ring (bicyclic) bond motifs is 1. The molecule has 1 aliphatic rings. The van der Waals surface area contributed by atoms with E-state index >= 15 is 0 Å². The lowest BCUT2D eigenvalue weighted by Crippen LogP contribution is -2.30. The van der Waals surface area contributed by atoms with Crippen LogP contribution in [0.2, 0.25) is 0 Å². The summed E-state index contributed by atoms with van der Waals surface area (Å²) in [6.45, 7) is 6.07. The molecule has 3 aromatic rings. The molecular weight excluding hydrogens is 391 g/mol. The second kappa shape index (κ2) is 8.64. The summed E-state index contributed by atoms with van der Waals surface area (Å²) in [5.74, 6) is 1.38. The number of aromatic nitrogens is 3. The predicted molar refractivity (Wildman–Crippen MR) is 115 cm³/mol. The van der Waals surface area contributed by atoms with Crippen LogP contribution in [0.25, 0.3) is 10.9 Å². The van der Waals surface area contributed by atoms with Crippen molar-refractivity contribution in [3.8, 4) is 0 Å². The van der Waals surface area contributed by atoms with Gasteiger partial charge in [-0.2, -0.15) is 0 Å². The molecule has 152 valence electrons. The van der Waals surface area contributed by atoms with Crippen molar-refractivity contribution < 1.29 is 8.78 Å². The van der Waals surface area contributed by atoms with Crippen LogP contribution in [0, 0.1) is 13.8 Å². The average molecular weight is 415 g/mol. The number of benzene rings is 1. The highest BCUT2D eigenvalue weighted by Gasteiger charge is 2.18. The summed E-state index contributed by atoms with van der Waals surface area (Å²) in [4.78, 5) is 13.8. The molecule has 0 atom stereocenters. The minimum atomic E-state index is -2.47. The molecule has 0 aliphatic carbocycles. The maximum absolute atomic E-state index is 13.2. The summed E-state index contributed by atoms with van der Waals surface area (Å²) in [6, 6.07) is 7.13. The first kappa shape index (κ1) is 20.0. The van der Waals surface area contributed by atoms with Crippen LogP contribution >= 0.6 is 7.92 Å². The van der Waals surface area contributed by atoms with Gasteiger partial charge in [-0.25, -0.2) is 18.7 Å². The molecular formula is C21H24F2N5P. The van der Waals surface area contributed by atoms with E-state index < -0.39 is 6.43 Å². The second-order valence-corrected chi connectivity index (χ2v) is 9.63. The largest absolute Gasteiger partial charge is 0.365 e. The van der Waals surface area contributed by atoms with Crippen molar-refractivity contribution in [3.63, 3.8) is 0 Å². The first-order valence-electron chi connectivity index (χ1n) is 9.73. The number of alkyl halides is 2. The number of hydrogen-bond donors (Lipinski definition) is 2. The Morgan fingerprint density at radius 1 is 1.17 bits per heavy atom. The lowest BCUT2D eigenvalue weighted by molar-refractivity contribution is 0.150. The van der Waals surface area contributed by atoms with Crippen LogP contribution in [-0.2, 0) is 6.54 Å². The highest BCUT2D eigenvalue weighted by Crippen LogP contribution is 2.35. The number of nitrogens with zero attached hydrogens (tertiary/aromatic N) is 3. The van der Waals surface area contributed by atoms with Gasteiger partial charge in [0.15, 0.2) is 0 Å². The lowest BCUT2D eigenvalue weighted by atomic mass is 10.0. The van der Waals surface area contributed by atoms with Crippen LogP contribution in [0.15, 0.2) is 30.5 Å². The zero-order valence-corrected chi connectivity index (χ0v) is 17.4. The Kier molecular flexibility index (Phi) is 5.97. The van der Waals surface area contributed by atoms with Gasteiger partial charge in [-0.3, -0.25) is 4.98 Å². The fourth-order valence-electron chi connectivity index (χ4n) is 3.65. The molecule has 0 amide bonds. The zero-order valence-electron chi connectivity index (χ0n) is 16.5. The van der Waals surface area contributed by atoms with E-state index in [2.05, 4.69) is 31.7 Å². The van der Waals surface area contributed by atoms with Crippen LogP contribution in [0.4, 0.5) is 14.6 Å². The number of rotatable bonds is 5. The minimum absolute atomic E-state index is 0.0771. The molecule has 0 bridgehead atoms. The molecule has 2 aromatic heterocycles. The molecule has 1 fully saturated rings. The lowest BCUT2D eigenvalue weighted by Gasteiger charge is -2.23. The van der Waals surface area contributed by atoms with Gasteiger partial charge in [-0.05, 0) is 56.5 Å². The molecule has 2 N–H and O–H groups in total. The Morgan fingerprint density at radius 2 is 1.97 bits per heavy atom. The van der Waals surface area contributed by atoms with E-state index in [0.29, 0.717) is 17.9 Å². The van der Waals surface area contributed by atoms with Gasteiger partial charge in [-0.1, -0.05) is 26.1 Å². The Morgan fingerprint density at radius 3 is 2.72 bits per heavy atom. The molecule has 0 saturated carbocycles. The topological polar surface area (TPSA) is 62.7 Å². The molecule has 0 radical (unpaired) electrons. The fourth-order valence-corrected chi connectivity index (χ4v) is 5.72. The van der Waals surface area contributed by atoms with Crippen LogP contribution in [0.3, 0.4) is 0 Å². The molecule has 5 nitrogen and oxygen atoms in total. The van der Waals surface area contributed by atoms with Crippen molar-refractivity contribution in [3.05, 3.63) is 53.0 Å². The third kappa shape index (κ3) is 4.36. The molecule has 1 aliphatic heterocycles. The van der Waals surface area contributed by atoms with Crippen LogP contribution in [0.5, 0.6) is 0 Å². The van der Waals surface area contributed by atoms with Crippen LogP contribution in [-0.4, -0.2) is 40.4 Å². The molecule has 29 heavy (non-hydrogen) atoms. The quantitative estimate of drug-likeness (QED) is 0.619. The summed E-state index contributed by atoms with van der Waals surface area (Å²) < 4.78 is 26.4. The van der Waals surface area contributed by atoms with Crippen molar-refractivity contribution in [2.75, 3.05) is 30.7 Å². The SMILES string of the molecule is Cc1nc(NCc2cccc(C(F)F)c2C)c2cc(P3CCNCC3)ncc2n1. The maximum Gasteiger partial charge on any atom is 0.264 e. The third-order valence-corrected chi connectivity index (χ3v) is 7.71. The molecule has 3 heterocycles. The normalized spacial score (nSPS) is 15.2. The Bertz CT molecular complexity index is 1020.